The second kappa shape index (κ2) is 13.5. The second-order valence-electron chi connectivity index (χ2n) is 5.41. The van der Waals surface area contributed by atoms with E-state index in [1.807, 2.05) is 13.0 Å². The molecule has 0 atom stereocenters. The first-order chi connectivity index (χ1) is 12.2. The number of nitrogens with zero attached hydrogens (tertiary/aromatic N) is 1. The number of nitrogens with one attached hydrogen (secondary N) is 2. The Kier molecular flexibility index (Phi) is 11.4. The number of guanidine groups is 1. The van der Waals surface area contributed by atoms with Crippen molar-refractivity contribution in [2.75, 3.05) is 60.8 Å². The second-order valence-corrected chi connectivity index (χ2v) is 5.41. The molecule has 2 N–H and O–H groups in total. The van der Waals surface area contributed by atoms with E-state index in [9.17, 15) is 0 Å². The van der Waals surface area contributed by atoms with Crippen molar-refractivity contribution in [1.29, 1.82) is 0 Å². The molecule has 0 radical (unpaired) electrons. The van der Waals surface area contributed by atoms with Crippen LogP contribution in [-0.2, 0) is 20.8 Å². The van der Waals surface area contributed by atoms with Crippen LogP contribution < -0.4 is 15.4 Å². The minimum absolute atomic E-state index is 0.527. The summed E-state index contributed by atoms with van der Waals surface area (Å²) in [5.74, 6) is 1.58. The lowest BCUT2D eigenvalue weighted by Crippen LogP contribution is -2.38. The summed E-state index contributed by atoms with van der Waals surface area (Å²) in [7, 11) is 5.06. The fourth-order valence-corrected chi connectivity index (χ4v) is 2.06. The zero-order valence-electron chi connectivity index (χ0n) is 15.8. The molecule has 0 fully saturated rings. The van der Waals surface area contributed by atoms with Gasteiger partial charge < -0.3 is 29.6 Å². The van der Waals surface area contributed by atoms with Crippen molar-refractivity contribution in [2.45, 2.75) is 13.5 Å². The fraction of sp³-hybridized carbons (Fsp3) is 0.611. The third-order valence-corrected chi connectivity index (χ3v) is 3.41. The molecular weight excluding hydrogens is 322 g/mol. The lowest BCUT2D eigenvalue weighted by molar-refractivity contribution is 0.0733. The first-order valence-electron chi connectivity index (χ1n) is 8.43. The summed E-state index contributed by atoms with van der Waals surface area (Å²) in [6, 6.07) is 6.16. The third-order valence-electron chi connectivity index (χ3n) is 3.41. The van der Waals surface area contributed by atoms with E-state index in [4.69, 9.17) is 18.9 Å². The van der Waals surface area contributed by atoms with E-state index in [0.29, 0.717) is 46.1 Å². The Balaban J connectivity index is 2.43. The van der Waals surface area contributed by atoms with Gasteiger partial charge in [0.25, 0.3) is 0 Å². The molecule has 25 heavy (non-hydrogen) atoms. The number of aryl methyl sites for hydroxylation is 1. The van der Waals surface area contributed by atoms with Crippen molar-refractivity contribution < 1.29 is 18.9 Å². The van der Waals surface area contributed by atoms with Gasteiger partial charge in [-0.25, -0.2) is 0 Å². The maximum absolute atomic E-state index is 5.80. The summed E-state index contributed by atoms with van der Waals surface area (Å²) in [6.07, 6.45) is 0. The first kappa shape index (κ1) is 21.2. The SMILES string of the molecule is CN=C(NCCOCCOC)NCc1ccc(C)cc1OCCOC. The summed E-state index contributed by atoms with van der Waals surface area (Å²) in [5, 5.41) is 6.50. The minimum atomic E-state index is 0.527. The van der Waals surface area contributed by atoms with Crippen LogP contribution in [0.2, 0.25) is 0 Å². The van der Waals surface area contributed by atoms with Crippen molar-refractivity contribution in [1.82, 2.24) is 10.6 Å². The maximum Gasteiger partial charge on any atom is 0.191 e. The third kappa shape index (κ3) is 9.28. The molecular formula is C18H31N3O4. The van der Waals surface area contributed by atoms with E-state index in [1.54, 1.807) is 21.3 Å². The van der Waals surface area contributed by atoms with E-state index in [2.05, 4.69) is 27.8 Å². The van der Waals surface area contributed by atoms with Gasteiger partial charge in [-0.2, -0.15) is 0 Å². The number of methoxy groups -OCH3 is 2. The average molecular weight is 353 g/mol. The van der Waals surface area contributed by atoms with Gasteiger partial charge in [-0.05, 0) is 18.6 Å². The van der Waals surface area contributed by atoms with Gasteiger partial charge in [0.05, 0.1) is 26.4 Å². The standard InChI is InChI=1S/C18H31N3O4/c1-15-5-6-16(17(13-15)25-12-10-23-4)14-21-18(19-2)20-7-8-24-11-9-22-3/h5-6,13H,7-12,14H2,1-4H3,(H2,19,20,21). The number of aliphatic imine (C=N–C) groups is 1. The zero-order valence-corrected chi connectivity index (χ0v) is 15.8. The Bertz CT molecular complexity index is 509. The Morgan fingerprint density at radius 2 is 1.76 bits per heavy atom. The highest BCUT2D eigenvalue weighted by Crippen LogP contribution is 2.20. The number of ether oxygens (including phenoxy) is 4. The van der Waals surface area contributed by atoms with E-state index in [0.717, 1.165) is 22.8 Å². The molecule has 0 aliphatic heterocycles. The Morgan fingerprint density at radius 3 is 2.48 bits per heavy atom. The van der Waals surface area contributed by atoms with Gasteiger partial charge in [0.1, 0.15) is 12.4 Å². The van der Waals surface area contributed by atoms with Crippen LogP contribution >= 0.6 is 0 Å². The van der Waals surface area contributed by atoms with Crippen LogP contribution in [0.3, 0.4) is 0 Å². The van der Waals surface area contributed by atoms with Gasteiger partial charge in [-0.3, -0.25) is 4.99 Å². The molecule has 0 aromatic heterocycles. The smallest absolute Gasteiger partial charge is 0.191 e. The van der Waals surface area contributed by atoms with Gasteiger partial charge in [0, 0.05) is 39.9 Å². The largest absolute Gasteiger partial charge is 0.491 e. The van der Waals surface area contributed by atoms with E-state index < -0.39 is 0 Å². The molecule has 0 aliphatic carbocycles. The van der Waals surface area contributed by atoms with Crippen LogP contribution in [0.15, 0.2) is 23.2 Å². The molecule has 0 saturated carbocycles. The number of hydrogen-bond donors (Lipinski definition) is 2. The molecule has 0 bridgehead atoms. The highest BCUT2D eigenvalue weighted by Gasteiger charge is 2.06. The van der Waals surface area contributed by atoms with E-state index in [-0.39, 0.29) is 0 Å². The van der Waals surface area contributed by atoms with E-state index >= 15 is 0 Å². The van der Waals surface area contributed by atoms with Gasteiger partial charge in [-0.1, -0.05) is 12.1 Å². The lowest BCUT2D eigenvalue weighted by Gasteiger charge is -2.15. The van der Waals surface area contributed by atoms with Gasteiger partial charge >= 0.3 is 0 Å². The van der Waals surface area contributed by atoms with Crippen molar-refractivity contribution in [3.8, 4) is 5.75 Å². The maximum atomic E-state index is 5.80. The minimum Gasteiger partial charge on any atom is -0.491 e. The summed E-state index contributed by atoms with van der Waals surface area (Å²) >= 11 is 0. The molecule has 1 aromatic rings. The molecule has 1 aromatic carbocycles. The van der Waals surface area contributed by atoms with Crippen LogP contribution in [0.4, 0.5) is 0 Å². The molecule has 7 nitrogen and oxygen atoms in total. The lowest BCUT2D eigenvalue weighted by atomic mass is 10.1. The van der Waals surface area contributed by atoms with Crippen LogP contribution in [0, 0.1) is 6.92 Å². The topological polar surface area (TPSA) is 73.3 Å². The van der Waals surface area contributed by atoms with Gasteiger partial charge in [-0.15, -0.1) is 0 Å². The van der Waals surface area contributed by atoms with Crippen LogP contribution in [0.1, 0.15) is 11.1 Å². The van der Waals surface area contributed by atoms with Crippen LogP contribution in [0.5, 0.6) is 5.75 Å². The highest BCUT2D eigenvalue weighted by molar-refractivity contribution is 5.79. The Hall–Kier alpha value is -1.83. The highest BCUT2D eigenvalue weighted by atomic mass is 16.5. The van der Waals surface area contributed by atoms with E-state index in [1.165, 1.54) is 0 Å². The van der Waals surface area contributed by atoms with Crippen molar-refractivity contribution in [3.05, 3.63) is 29.3 Å². The average Bonchev–Trinajstić information content (AvgIpc) is 2.62. The zero-order chi connectivity index (χ0) is 18.3. The number of rotatable bonds is 12. The molecule has 0 aliphatic rings. The first-order valence-corrected chi connectivity index (χ1v) is 8.43. The summed E-state index contributed by atoms with van der Waals surface area (Å²) in [4.78, 5) is 4.21. The monoisotopic (exact) mass is 353 g/mol. The Labute approximate surface area is 150 Å². The predicted molar refractivity (Wildman–Crippen MR) is 99.4 cm³/mol. The molecule has 0 heterocycles. The number of hydrogen-bond acceptors (Lipinski definition) is 5. The molecule has 7 heteroatoms. The molecule has 0 saturated heterocycles. The number of benzene rings is 1. The van der Waals surface area contributed by atoms with Crippen LogP contribution in [-0.4, -0.2) is 66.8 Å². The van der Waals surface area contributed by atoms with Crippen LogP contribution in [0.25, 0.3) is 0 Å². The predicted octanol–water partition coefficient (Wildman–Crippen LogP) is 1.35. The molecule has 1 rings (SSSR count). The molecule has 142 valence electrons. The van der Waals surface area contributed by atoms with Gasteiger partial charge in [0.15, 0.2) is 5.96 Å². The van der Waals surface area contributed by atoms with Crippen molar-refractivity contribution in [2.24, 2.45) is 4.99 Å². The van der Waals surface area contributed by atoms with Gasteiger partial charge in [0.2, 0.25) is 0 Å². The molecule has 0 amide bonds. The van der Waals surface area contributed by atoms with Crippen molar-refractivity contribution >= 4 is 5.96 Å². The molecule has 0 unspecified atom stereocenters. The van der Waals surface area contributed by atoms with Crippen molar-refractivity contribution in [3.63, 3.8) is 0 Å². The normalized spacial score (nSPS) is 11.4. The summed E-state index contributed by atoms with van der Waals surface area (Å²) in [6.45, 7) is 6.22. The molecule has 0 spiro atoms. The summed E-state index contributed by atoms with van der Waals surface area (Å²) < 4.78 is 21.2. The quantitative estimate of drug-likeness (QED) is 0.336. The summed E-state index contributed by atoms with van der Waals surface area (Å²) in [5.41, 5.74) is 2.23. The Morgan fingerprint density at radius 1 is 1.00 bits per heavy atom. The fourth-order valence-electron chi connectivity index (χ4n) is 2.06.